The number of aromatic nitrogens is 1. The van der Waals surface area contributed by atoms with Gasteiger partial charge in [-0.1, -0.05) is 0 Å². The van der Waals surface area contributed by atoms with Gasteiger partial charge in [-0.05, 0) is 37.9 Å². The van der Waals surface area contributed by atoms with Gasteiger partial charge in [0.05, 0.1) is 5.60 Å². The third-order valence-corrected chi connectivity index (χ3v) is 3.67. The Morgan fingerprint density at radius 2 is 2.47 bits per heavy atom. The van der Waals surface area contributed by atoms with E-state index in [1.54, 1.807) is 18.5 Å². The first-order valence-electron chi connectivity index (χ1n) is 6.21. The minimum atomic E-state index is -0.718. The van der Waals surface area contributed by atoms with Gasteiger partial charge in [0.1, 0.15) is 0 Å². The molecule has 1 aliphatic heterocycles. The SMILES string of the molecule is CC(O)(Cc1cnccc1N)C1CCCNC1. The van der Waals surface area contributed by atoms with Crippen LogP contribution in [0.3, 0.4) is 0 Å². The number of pyridine rings is 1. The third kappa shape index (κ3) is 2.96. The van der Waals surface area contributed by atoms with Crippen LogP contribution in [0, 0.1) is 5.92 Å². The number of nitrogens with one attached hydrogen (secondary N) is 1. The molecule has 0 aliphatic carbocycles. The molecule has 17 heavy (non-hydrogen) atoms. The first-order chi connectivity index (χ1) is 8.09. The zero-order chi connectivity index (χ0) is 12.3. The van der Waals surface area contributed by atoms with Gasteiger partial charge in [-0.25, -0.2) is 0 Å². The van der Waals surface area contributed by atoms with Crippen molar-refractivity contribution < 1.29 is 5.11 Å². The van der Waals surface area contributed by atoms with Gasteiger partial charge in [0, 0.05) is 37.0 Å². The van der Waals surface area contributed by atoms with Gasteiger partial charge in [0.15, 0.2) is 0 Å². The van der Waals surface area contributed by atoms with Crippen LogP contribution in [0.5, 0.6) is 0 Å². The van der Waals surface area contributed by atoms with Crippen LogP contribution >= 0.6 is 0 Å². The van der Waals surface area contributed by atoms with Crippen molar-refractivity contribution in [3.8, 4) is 0 Å². The molecule has 4 N–H and O–H groups in total. The lowest BCUT2D eigenvalue weighted by molar-refractivity contribution is -0.0101. The molecule has 2 unspecified atom stereocenters. The van der Waals surface area contributed by atoms with E-state index in [1.165, 1.54) is 0 Å². The summed E-state index contributed by atoms with van der Waals surface area (Å²) in [5.74, 6) is 0.288. The average molecular weight is 235 g/mol. The Hall–Kier alpha value is -1.13. The van der Waals surface area contributed by atoms with E-state index in [9.17, 15) is 5.11 Å². The highest BCUT2D eigenvalue weighted by Gasteiger charge is 2.33. The molecular formula is C13H21N3O. The van der Waals surface area contributed by atoms with Crippen LogP contribution in [0.25, 0.3) is 0 Å². The lowest BCUT2D eigenvalue weighted by Crippen LogP contribution is -2.45. The molecule has 2 heterocycles. The number of nitrogen functional groups attached to an aromatic ring is 1. The highest BCUT2D eigenvalue weighted by Crippen LogP contribution is 2.28. The predicted molar refractivity (Wildman–Crippen MR) is 68.6 cm³/mol. The number of rotatable bonds is 3. The summed E-state index contributed by atoms with van der Waals surface area (Å²) in [6, 6.07) is 1.78. The summed E-state index contributed by atoms with van der Waals surface area (Å²) < 4.78 is 0. The minimum absolute atomic E-state index is 0.288. The summed E-state index contributed by atoms with van der Waals surface area (Å²) in [5, 5.41) is 13.9. The second-order valence-electron chi connectivity index (χ2n) is 5.15. The van der Waals surface area contributed by atoms with E-state index in [0.29, 0.717) is 12.1 Å². The lowest BCUT2D eigenvalue weighted by Gasteiger charge is -2.36. The Bertz CT molecular complexity index is 373. The topological polar surface area (TPSA) is 71.2 Å². The molecule has 0 bridgehead atoms. The number of aliphatic hydroxyl groups is 1. The Balaban J connectivity index is 2.08. The lowest BCUT2D eigenvalue weighted by atomic mass is 9.79. The second-order valence-corrected chi connectivity index (χ2v) is 5.15. The van der Waals surface area contributed by atoms with Crippen LogP contribution in [-0.2, 0) is 6.42 Å². The molecule has 1 fully saturated rings. The summed E-state index contributed by atoms with van der Waals surface area (Å²) in [5.41, 5.74) is 6.82. The Morgan fingerprint density at radius 3 is 3.12 bits per heavy atom. The van der Waals surface area contributed by atoms with E-state index in [-0.39, 0.29) is 5.92 Å². The molecule has 0 saturated carbocycles. The number of anilines is 1. The molecular weight excluding hydrogens is 214 g/mol. The van der Waals surface area contributed by atoms with Crippen LogP contribution < -0.4 is 11.1 Å². The number of piperidine rings is 1. The molecule has 2 rings (SSSR count). The number of hydrogen-bond donors (Lipinski definition) is 3. The smallest absolute Gasteiger partial charge is 0.0701 e. The van der Waals surface area contributed by atoms with Crippen molar-refractivity contribution in [1.29, 1.82) is 0 Å². The molecule has 0 radical (unpaired) electrons. The fourth-order valence-electron chi connectivity index (χ4n) is 2.50. The average Bonchev–Trinajstić information content (AvgIpc) is 2.33. The highest BCUT2D eigenvalue weighted by atomic mass is 16.3. The summed E-state index contributed by atoms with van der Waals surface area (Å²) in [4.78, 5) is 4.07. The van der Waals surface area contributed by atoms with E-state index < -0.39 is 5.60 Å². The minimum Gasteiger partial charge on any atom is -0.398 e. The van der Waals surface area contributed by atoms with Crippen molar-refractivity contribution in [3.63, 3.8) is 0 Å². The van der Waals surface area contributed by atoms with E-state index in [1.807, 2.05) is 6.92 Å². The molecule has 0 amide bonds. The predicted octanol–water partition coefficient (Wildman–Crippen LogP) is 0.957. The number of nitrogens with zero attached hydrogens (tertiary/aromatic N) is 1. The van der Waals surface area contributed by atoms with Crippen molar-refractivity contribution in [3.05, 3.63) is 24.0 Å². The summed E-state index contributed by atoms with van der Waals surface area (Å²) in [6.07, 6.45) is 6.19. The third-order valence-electron chi connectivity index (χ3n) is 3.67. The maximum absolute atomic E-state index is 10.6. The molecule has 4 heteroatoms. The van der Waals surface area contributed by atoms with E-state index in [2.05, 4.69) is 10.3 Å². The summed E-state index contributed by atoms with van der Waals surface area (Å²) >= 11 is 0. The zero-order valence-corrected chi connectivity index (χ0v) is 10.3. The molecule has 2 atom stereocenters. The maximum atomic E-state index is 10.6. The first kappa shape index (κ1) is 12.3. The molecule has 1 saturated heterocycles. The van der Waals surface area contributed by atoms with Crippen LogP contribution in [0.2, 0.25) is 0 Å². The first-order valence-corrected chi connectivity index (χ1v) is 6.21. The van der Waals surface area contributed by atoms with Gasteiger partial charge in [0.25, 0.3) is 0 Å². The summed E-state index contributed by atoms with van der Waals surface area (Å²) in [6.45, 7) is 3.84. The van der Waals surface area contributed by atoms with Gasteiger partial charge in [-0.2, -0.15) is 0 Å². The fraction of sp³-hybridized carbons (Fsp3) is 0.615. The quantitative estimate of drug-likeness (QED) is 0.729. The van der Waals surface area contributed by atoms with Crippen LogP contribution in [0.4, 0.5) is 5.69 Å². The van der Waals surface area contributed by atoms with Gasteiger partial charge in [-0.3, -0.25) is 4.98 Å². The fourth-order valence-corrected chi connectivity index (χ4v) is 2.50. The Kier molecular flexibility index (Phi) is 3.64. The standard InChI is InChI=1S/C13H21N3O/c1-13(17,11-3-2-5-15-9-11)7-10-8-16-6-4-12(10)14/h4,6,8,11,15,17H,2-3,5,7,9H2,1H3,(H2,14,16). The Morgan fingerprint density at radius 1 is 1.65 bits per heavy atom. The second kappa shape index (κ2) is 5.02. The van der Waals surface area contributed by atoms with Crippen molar-refractivity contribution in [2.75, 3.05) is 18.8 Å². The molecule has 4 nitrogen and oxygen atoms in total. The summed E-state index contributed by atoms with van der Waals surface area (Å²) in [7, 11) is 0. The molecule has 1 aromatic heterocycles. The van der Waals surface area contributed by atoms with E-state index >= 15 is 0 Å². The molecule has 1 aromatic rings. The van der Waals surface area contributed by atoms with Gasteiger partial charge < -0.3 is 16.2 Å². The van der Waals surface area contributed by atoms with Crippen molar-refractivity contribution in [2.24, 2.45) is 5.92 Å². The molecule has 1 aliphatic rings. The van der Waals surface area contributed by atoms with Gasteiger partial charge in [0.2, 0.25) is 0 Å². The van der Waals surface area contributed by atoms with Crippen LogP contribution in [-0.4, -0.2) is 28.8 Å². The monoisotopic (exact) mass is 235 g/mol. The van der Waals surface area contributed by atoms with Gasteiger partial charge >= 0.3 is 0 Å². The highest BCUT2D eigenvalue weighted by molar-refractivity contribution is 5.45. The van der Waals surface area contributed by atoms with Crippen molar-refractivity contribution >= 4 is 5.69 Å². The van der Waals surface area contributed by atoms with Gasteiger partial charge in [-0.15, -0.1) is 0 Å². The van der Waals surface area contributed by atoms with Crippen molar-refractivity contribution in [2.45, 2.75) is 31.8 Å². The number of hydrogen-bond acceptors (Lipinski definition) is 4. The van der Waals surface area contributed by atoms with E-state index in [4.69, 9.17) is 5.73 Å². The van der Waals surface area contributed by atoms with Crippen molar-refractivity contribution in [1.82, 2.24) is 10.3 Å². The largest absolute Gasteiger partial charge is 0.398 e. The molecule has 0 aromatic carbocycles. The number of nitrogens with two attached hydrogens (primary N) is 1. The van der Waals surface area contributed by atoms with E-state index in [0.717, 1.165) is 31.5 Å². The normalized spacial score (nSPS) is 24.2. The zero-order valence-electron chi connectivity index (χ0n) is 10.3. The van der Waals surface area contributed by atoms with Crippen LogP contribution in [0.1, 0.15) is 25.3 Å². The molecule has 0 spiro atoms. The van der Waals surface area contributed by atoms with Crippen LogP contribution in [0.15, 0.2) is 18.5 Å². The Labute approximate surface area is 102 Å². The maximum Gasteiger partial charge on any atom is 0.0701 e. The molecule has 94 valence electrons.